The van der Waals surface area contributed by atoms with Gasteiger partial charge in [0.25, 0.3) is 0 Å². The van der Waals surface area contributed by atoms with Gasteiger partial charge in [-0.1, -0.05) is 35.9 Å². The van der Waals surface area contributed by atoms with Crippen molar-refractivity contribution >= 4 is 50.7 Å². The third-order valence-electron chi connectivity index (χ3n) is 5.07. The number of halogens is 1. The molecule has 1 aliphatic carbocycles. The number of carbonyl (C=O) groups excluding carboxylic acids is 1. The molecule has 146 valence electrons. The van der Waals surface area contributed by atoms with Gasteiger partial charge in [0.2, 0.25) is 0 Å². The van der Waals surface area contributed by atoms with Gasteiger partial charge in [0.1, 0.15) is 29.1 Å². The number of Topliss-reactive ketones (excluding diaryl/α,β-unsaturated/α-hetero) is 1. The van der Waals surface area contributed by atoms with E-state index >= 15 is 0 Å². The van der Waals surface area contributed by atoms with Gasteiger partial charge >= 0.3 is 0 Å². The molecule has 0 unspecified atom stereocenters. The lowest BCUT2D eigenvalue weighted by atomic mass is 9.99. The molecule has 2 aromatic heterocycles. The minimum absolute atomic E-state index is 0.0742. The van der Waals surface area contributed by atoms with E-state index in [2.05, 4.69) is 0 Å². The molecule has 0 saturated carbocycles. The summed E-state index contributed by atoms with van der Waals surface area (Å²) in [5.74, 6) is 0.541. The van der Waals surface area contributed by atoms with E-state index in [1.807, 2.05) is 48.5 Å². The maximum atomic E-state index is 13.0. The highest BCUT2D eigenvalue weighted by molar-refractivity contribution is 7.19. The van der Waals surface area contributed by atoms with Crippen molar-refractivity contribution in [1.82, 2.24) is 0 Å². The zero-order valence-corrected chi connectivity index (χ0v) is 17.4. The van der Waals surface area contributed by atoms with Gasteiger partial charge in [-0.05, 0) is 42.0 Å². The quantitative estimate of drug-likeness (QED) is 0.252. The Morgan fingerprint density at radius 3 is 2.39 bits per heavy atom. The molecule has 0 fully saturated rings. The van der Waals surface area contributed by atoms with Crippen LogP contribution in [0.5, 0.6) is 0 Å². The van der Waals surface area contributed by atoms with Gasteiger partial charge in [0.15, 0.2) is 5.78 Å². The van der Waals surface area contributed by atoms with Crippen LogP contribution in [-0.4, -0.2) is 5.78 Å². The second kappa shape index (κ2) is 7.41. The summed E-state index contributed by atoms with van der Waals surface area (Å²) in [5.41, 5.74) is 3.40. The Hall–Kier alpha value is -3.90. The van der Waals surface area contributed by atoms with E-state index in [0.717, 1.165) is 20.9 Å². The Balaban J connectivity index is 1.60. The summed E-state index contributed by atoms with van der Waals surface area (Å²) in [5, 5.41) is 19.5. The Bertz CT molecular complexity index is 1470. The number of nitrogens with zero attached hydrogens (tertiary/aromatic N) is 2. The van der Waals surface area contributed by atoms with Gasteiger partial charge in [-0.25, -0.2) is 0 Å². The minimum Gasteiger partial charge on any atom is -0.455 e. The molecule has 2 aromatic carbocycles. The summed E-state index contributed by atoms with van der Waals surface area (Å²) in [6.07, 6.45) is 1.73. The van der Waals surface area contributed by atoms with Crippen LogP contribution in [0.4, 0.5) is 0 Å². The molecule has 1 aliphatic rings. The topological polar surface area (TPSA) is 77.8 Å². The summed E-state index contributed by atoms with van der Waals surface area (Å²) < 4.78 is 6.92. The first-order chi connectivity index (χ1) is 15.1. The Morgan fingerprint density at radius 2 is 1.71 bits per heavy atom. The van der Waals surface area contributed by atoms with Crippen molar-refractivity contribution in [3.05, 3.63) is 92.8 Å². The van der Waals surface area contributed by atoms with Gasteiger partial charge in [0.05, 0.1) is 4.70 Å². The fourth-order valence-corrected chi connectivity index (χ4v) is 4.76. The van der Waals surface area contributed by atoms with Crippen molar-refractivity contribution in [2.45, 2.75) is 0 Å². The molecule has 0 atom stereocenters. The number of benzene rings is 2. The Morgan fingerprint density at radius 1 is 1.00 bits per heavy atom. The number of carbonyl (C=O) groups is 1. The highest BCUT2D eigenvalue weighted by atomic mass is 35.5. The Kier molecular flexibility index (Phi) is 4.56. The lowest BCUT2D eigenvalue weighted by Crippen LogP contribution is -1.95. The predicted octanol–water partition coefficient (Wildman–Crippen LogP) is 6.90. The number of thiophene rings is 1. The third kappa shape index (κ3) is 3.17. The number of allylic oxidation sites excluding steroid dienone is 3. The number of nitriles is 2. The molecule has 0 amide bonds. The second-order valence-corrected chi connectivity index (χ2v) is 8.45. The molecule has 0 N–H and O–H groups in total. The lowest BCUT2D eigenvalue weighted by molar-refractivity contribution is 0.104. The molecule has 6 heteroatoms. The van der Waals surface area contributed by atoms with Crippen LogP contribution in [0.1, 0.15) is 20.8 Å². The molecule has 0 spiro atoms. The highest BCUT2D eigenvalue weighted by Gasteiger charge is 2.32. The fourth-order valence-electron chi connectivity index (χ4n) is 3.67. The first-order valence-electron chi connectivity index (χ1n) is 9.29. The van der Waals surface area contributed by atoms with Crippen molar-refractivity contribution in [1.29, 1.82) is 10.5 Å². The molecular weight excluding hydrogens is 428 g/mol. The van der Waals surface area contributed by atoms with Crippen molar-refractivity contribution in [3.8, 4) is 23.5 Å². The fraction of sp³-hybridized carbons (Fsp3) is 0. The molecule has 0 radical (unpaired) electrons. The van der Waals surface area contributed by atoms with E-state index in [9.17, 15) is 15.3 Å². The maximum absolute atomic E-state index is 13.0. The molecular formula is C25H11ClN2O2S. The van der Waals surface area contributed by atoms with E-state index in [1.165, 1.54) is 11.3 Å². The van der Waals surface area contributed by atoms with Gasteiger partial charge in [-0.2, -0.15) is 10.5 Å². The van der Waals surface area contributed by atoms with Crippen LogP contribution in [0.3, 0.4) is 0 Å². The predicted molar refractivity (Wildman–Crippen MR) is 121 cm³/mol. The summed E-state index contributed by atoms with van der Waals surface area (Å²) in [7, 11) is 0. The zero-order valence-electron chi connectivity index (χ0n) is 15.8. The number of ketones is 1. The largest absolute Gasteiger partial charge is 0.455 e. The van der Waals surface area contributed by atoms with Crippen LogP contribution < -0.4 is 0 Å². The monoisotopic (exact) mass is 438 g/mol. The summed E-state index contributed by atoms with van der Waals surface area (Å²) in [6, 6.07) is 22.1. The molecule has 0 bridgehead atoms. The van der Waals surface area contributed by atoms with Gasteiger partial charge < -0.3 is 4.42 Å². The minimum atomic E-state index is -0.194. The number of furan rings is 1. The number of hydrogen-bond donors (Lipinski definition) is 0. The maximum Gasteiger partial charge on any atom is 0.194 e. The van der Waals surface area contributed by atoms with Gasteiger partial charge in [-0.3, -0.25) is 4.79 Å². The summed E-state index contributed by atoms with van der Waals surface area (Å²) >= 11 is 7.43. The van der Waals surface area contributed by atoms with Crippen LogP contribution in [0.25, 0.3) is 33.3 Å². The molecule has 5 rings (SSSR count). The average Bonchev–Trinajstić information content (AvgIpc) is 3.42. The van der Waals surface area contributed by atoms with E-state index in [0.29, 0.717) is 32.9 Å². The molecule has 2 heterocycles. The molecule has 31 heavy (non-hydrogen) atoms. The smallest absolute Gasteiger partial charge is 0.194 e. The van der Waals surface area contributed by atoms with Crippen molar-refractivity contribution in [2.24, 2.45) is 0 Å². The first kappa shape index (κ1) is 19.1. The van der Waals surface area contributed by atoms with Gasteiger partial charge in [0, 0.05) is 38.2 Å². The highest BCUT2D eigenvalue weighted by Crippen LogP contribution is 2.41. The van der Waals surface area contributed by atoms with Crippen LogP contribution in [0.2, 0.25) is 5.02 Å². The van der Waals surface area contributed by atoms with Crippen molar-refractivity contribution in [3.63, 3.8) is 0 Å². The SMILES string of the molecule is N#CC(C#N)=C1/C(=C/c2cc3oc(-c4ccc(Cl)cc4)cc3s2)C(=O)c2ccccc21. The second-order valence-electron chi connectivity index (χ2n) is 6.90. The van der Waals surface area contributed by atoms with Crippen molar-refractivity contribution < 1.29 is 9.21 Å². The van der Waals surface area contributed by atoms with Crippen LogP contribution in [0, 0.1) is 22.7 Å². The zero-order chi connectivity index (χ0) is 21.5. The van der Waals surface area contributed by atoms with Crippen LogP contribution >= 0.6 is 22.9 Å². The van der Waals surface area contributed by atoms with Crippen LogP contribution in [-0.2, 0) is 0 Å². The van der Waals surface area contributed by atoms with E-state index in [4.69, 9.17) is 16.0 Å². The number of rotatable bonds is 2. The first-order valence-corrected chi connectivity index (χ1v) is 10.5. The average molecular weight is 439 g/mol. The number of hydrogen-bond acceptors (Lipinski definition) is 5. The summed E-state index contributed by atoms with van der Waals surface area (Å²) in [6.45, 7) is 0. The molecule has 4 nitrogen and oxygen atoms in total. The lowest BCUT2D eigenvalue weighted by Gasteiger charge is -2.01. The normalized spacial score (nSPS) is 14.0. The van der Waals surface area contributed by atoms with Crippen molar-refractivity contribution in [2.75, 3.05) is 0 Å². The molecule has 4 aromatic rings. The Labute approximate surface area is 186 Å². The molecule has 0 aliphatic heterocycles. The van der Waals surface area contributed by atoms with Crippen LogP contribution in [0.15, 0.2) is 76.2 Å². The molecule has 0 saturated heterocycles. The standard InChI is InChI=1S/C25H11ClN2O2S/c26-16-7-5-14(6-8-16)21-11-23-22(30-21)10-17(31-23)9-20-24(15(12-27)13-28)18-3-1-2-4-19(18)25(20)29/h1-11H/b20-9-. The van der Waals surface area contributed by atoms with Gasteiger partial charge in [-0.15, -0.1) is 11.3 Å². The van der Waals surface area contributed by atoms with E-state index in [-0.39, 0.29) is 11.4 Å². The van der Waals surface area contributed by atoms with E-state index in [1.54, 1.807) is 30.3 Å². The van der Waals surface area contributed by atoms with E-state index < -0.39 is 0 Å². The third-order valence-corrected chi connectivity index (χ3v) is 6.33. The summed E-state index contributed by atoms with van der Waals surface area (Å²) in [4.78, 5) is 13.8. The number of fused-ring (bicyclic) bond motifs is 2.